The first-order valence-electron chi connectivity index (χ1n) is 7.66. The number of aromatic amines is 1. The third kappa shape index (κ3) is 2.88. The number of carbonyl (C=O) groups excluding carboxylic acids is 1. The van der Waals surface area contributed by atoms with Gasteiger partial charge < -0.3 is 14.4 Å². The lowest BCUT2D eigenvalue weighted by Crippen LogP contribution is -2.38. The molecule has 0 fully saturated rings. The predicted octanol–water partition coefficient (Wildman–Crippen LogP) is 2.12. The summed E-state index contributed by atoms with van der Waals surface area (Å²) in [7, 11) is 3.20. The van der Waals surface area contributed by atoms with Crippen LogP contribution in [0.25, 0.3) is 0 Å². The van der Waals surface area contributed by atoms with E-state index in [2.05, 4.69) is 10.2 Å². The summed E-state index contributed by atoms with van der Waals surface area (Å²) in [6, 6.07) is 5.62. The molecule has 0 spiro atoms. The van der Waals surface area contributed by atoms with Gasteiger partial charge in [0.25, 0.3) is 0 Å². The van der Waals surface area contributed by atoms with Crippen molar-refractivity contribution in [2.45, 2.75) is 25.8 Å². The standard InChI is InChI=1S/C17H21N3O3/c1-11(12-4-5-15(22-2)16(8-12)23-3)17(21)20-7-6-14-13(10-20)9-18-19-14/h4-5,8-9,11H,6-7,10H2,1-3H3,(H,18,19)/t11-/m0/s1. The van der Waals surface area contributed by atoms with E-state index in [-0.39, 0.29) is 11.8 Å². The van der Waals surface area contributed by atoms with Gasteiger partial charge in [0, 0.05) is 30.8 Å². The Kier molecular flexibility index (Phi) is 4.23. The molecule has 0 bridgehead atoms. The predicted molar refractivity (Wildman–Crippen MR) is 85.7 cm³/mol. The van der Waals surface area contributed by atoms with Gasteiger partial charge in [-0.1, -0.05) is 6.07 Å². The fourth-order valence-electron chi connectivity index (χ4n) is 2.95. The number of ether oxygens (including phenoxy) is 2. The molecule has 1 N–H and O–H groups in total. The first kappa shape index (κ1) is 15.4. The van der Waals surface area contributed by atoms with Gasteiger partial charge in [-0.25, -0.2) is 0 Å². The Bertz CT molecular complexity index is 711. The second-order valence-electron chi connectivity index (χ2n) is 5.72. The average Bonchev–Trinajstić information content (AvgIpc) is 3.07. The molecule has 1 aliphatic heterocycles. The summed E-state index contributed by atoms with van der Waals surface area (Å²) in [5.41, 5.74) is 3.16. The zero-order valence-electron chi connectivity index (χ0n) is 13.6. The molecule has 1 aromatic carbocycles. The topological polar surface area (TPSA) is 67.5 Å². The van der Waals surface area contributed by atoms with Crippen molar-refractivity contribution in [2.24, 2.45) is 0 Å². The SMILES string of the molecule is COc1ccc([C@H](C)C(=O)N2CCc3[nH]ncc3C2)cc1OC. The number of rotatable bonds is 4. The zero-order valence-corrected chi connectivity index (χ0v) is 13.6. The Morgan fingerprint density at radius 1 is 1.30 bits per heavy atom. The summed E-state index contributed by atoms with van der Waals surface area (Å²) in [6.07, 6.45) is 2.62. The van der Waals surface area contributed by atoms with Gasteiger partial charge in [0.05, 0.1) is 26.3 Å². The van der Waals surface area contributed by atoms with Gasteiger partial charge >= 0.3 is 0 Å². The number of aromatic nitrogens is 2. The molecule has 1 aliphatic rings. The van der Waals surface area contributed by atoms with E-state index < -0.39 is 0 Å². The highest BCUT2D eigenvalue weighted by atomic mass is 16.5. The number of fused-ring (bicyclic) bond motifs is 1. The molecule has 6 nitrogen and oxygen atoms in total. The molecule has 0 saturated heterocycles. The monoisotopic (exact) mass is 315 g/mol. The second kappa shape index (κ2) is 6.32. The third-order valence-electron chi connectivity index (χ3n) is 4.39. The van der Waals surface area contributed by atoms with Crippen molar-refractivity contribution < 1.29 is 14.3 Å². The minimum atomic E-state index is -0.233. The average molecular weight is 315 g/mol. The molecule has 1 aromatic heterocycles. The quantitative estimate of drug-likeness (QED) is 0.938. The summed E-state index contributed by atoms with van der Waals surface area (Å²) >= 11 is 0. The number of H-pyrrole nitrogens is 1. The Morgan fingerprint density at radius 2 is 2.09 bits per heavy atom. The largest absolute Gasteiger partial charge is 0.493 e. The van der Waals surface area contributed by atoms with E-state index in [1.165, 1.54) is 0 Å². The Balaban J connectivity index is 1.78. The number of nitrogens with one attached hydrogen (secondary N) is 1. The van der Waals surface area contributed by atoms with Crippen LogP contribution in [0.2, 0.25) is 0 Å². The Labute approximate surface area is 135 Å². The number of hydrogen-bond donors (Lipinski definition) is 1. The van der Waals surface area contributed by atoms with E-state index in [0.29, 0.717) is 24.6 Å². The van der Waals surface area contributed by atoms with Gasteiger partial charge in [-0.3, -0.25) is 9.89 Å². The summed E-state index contributed by atoms with van der Waals surface area (Å²) < 4.78 is 10.6. The van der Waals surface area contributed by atoms with E-state index in [0.717, 1.165) is 23.2 Å². The first-order valence-corrected chi connectivity index (χ1v) is 7.66. The molecule has 0 unspecified atom stereocenters. The molecule has 1 atom stereocenters. The van der Waals surface area contributed by atoms with Crippen molar-refractivity contribution in [3.8, 4) is 11.5 Å². The number of methoxy groups -OCH3 is 2. The second-order valence-corrected chi connectivity index (χ2v) is 5.72. The minimum Gasteiger partial charge on any atom is -0.493 e. The van der Waals surface area contributed by atoms with Crippen LogP contribution < -0.4 is 9.47 Å². The maximum atomic E-state index is 12.8. The number of nitrogens with zero attached hydrogens (tertiary/aromatic N) is 2. The highest BCUT2D eigenvalue weighted by molar-refractivity contribution is 5.83. The summed E-state index contributed by atoms with van der Waals surface area (Å²) in [6.45, 7) is 3.25. The van der Waals surface area contributed by atoms with Crippen molar-refractivity contribution >= 4 is 5.91 Å². The summed E-state index contributed by atoms with van der Waals surface area (Å²) in [5, 5.41) is 7.04. The van der Waals surface area contributed by atoms with Crippen LogP contribution in [0.3, 0.4) is 0 Å². The van der Waals surface area contributed by atoms with Gasteiger partial charge in [-0.15, -0.1) is 0 Å². The lowest BCUT2D eigenvalue weighted by molar-refractivity contribution is -0.133. The smallest absolute Gasteiger partial charge is 0.230 e. The van der Waals surface area contributed by atoms with Crippen molar-refractivity contribution in [1.82, 2.24) is 15.1 Å². The maximum Gasteiger partial charge on any atom is 0.230 e. The van der Waals surface area contributed by atoms with Crippen molar-refractivity contribution in [2.75, 3.05) is 20.8 Å². The number of amides is 1. The van der Waals surface area contributed by atoms with Crippen molar-refractivity contribution in [3.05, 3.63) is 41.2 Å². The first-order chi connectivity index (χ1) is 11.1. The molecule has 0 radical (unpaired) electrons. The summed E-state index contributed by atoms with van der Waals surface area (Å²) in [4.78, 5) is 14.7. The van der Waals surface area contributed by atoms with Crippen molar-refractivity contribution in [1.29, 1.82) is 0 Å². The summed E-state index contributed by atoms with van der Waals surface area (Å²) in [5.74, 6) is 1.18. The highest BCUT2D eigenvalue weighted by Gasteiger charge is 2.27. The van der Waals surface area contributed by atoms with Gasteiger partial charge in [0.15, 0.2) is 11.5 Å². The lowest BCUT2D eigenvalue weighted by Gasteiger charge is -2.29. The highest BCUT2D eigenvalue weighted by Crippen LogP contribution is 2.31. The van der Waals surface area contributed by atoms with E-state index >= 15 is 0 Å². The molecule has 0 aliphatic carbocycles. The van der Waals surface area contributed by atoms with Gasteiger partial charge in [0.1, 0.15) is 0 Å². The van der Waals surface area contributed by atoms with Crippen LogP contribution in [0.15, 0.2) is 24.4 Å². The van der Waals surface area contributed by atoms with Crippen LogP contribution in [-0.2, 0) is 17.8 Å². The van der Waals surface area contributed by atoms with E-state index in [1.807, 2.05) is 30.0 Å². The van der Waals surface area contributed by atoms with E-state index in [1.54, 1.807) is 20.4 Å². The van der Waals surface area contributed by atoms with Gasteiger partial charge in [0.2, 0.25) is 5.91 Å². The van der Waals surface area contributed by atoms with Crippen LogP contribution in [0, 0.1) is 0 Å². The fraction of sp³-hybridized carbons (Fsp3) is 0.412. The number of hydrogen-bond acceptors (Lipinski definition) is 4. The number of benzene rings is 1. The Hall–Kier alpha value is -2.50. The van der Waals surface area contributed by atoms with Gasteiger partial charge in [-0.2, -0.15) is 5.10 Å². The lowest BCUT2D eigenvalue weighted by atomic mass is 9.97. The normalized spacial score (nSPS) is 15.0. The maximum absolute atomic E-state index is 12.8. The van der Waals surface area contributed by atoms with Crippen LogP contribution in [0.1, 0.15) is 29.7 Å². The van der Waals surface area contributed by atoms with Crippen LogP contribution in [0.5, 0.6) is 11.5 Å². The minimum absolute atomic E-state index is 0.115. The molecule has 2 aromatic rings. The fourth-order valence-corrected chi connectivity index (χ4v) is 2.95. The molecule has 122 valence electrons. The Morgan fingerprint density at radius 3 is 2.83 bits per heavy atom. The van der Waals surface area contributed by atoms with Crippen LogP contribution in [-0.4, -0.2) is 41.8 Å². The van der Waals surface area contributed by atoms with Gasteiger partial charge in [-0.05, 0) is 24.6 Å². The molecule has 1 amide bonds. The van der Waals surface area contributed by atoms with E-state index in [4.69, 9.17) is 9.47 Å². The van der Waals surface area contributed by atoms with Crippen LogP contribution in [0.4, 0.5) is 0 Å². The van der Waals surface area contributed by atoms with Crippen molar-refractivity contribution in [3.63, 3.8) is 0 Å². The zero-order chi connectivity index (χ0) is 16.4. The number of carbonyl (C=O) groups is 1. The van der Waals surface area contributed by atoms with E-state index in [9.17, 15) is 4.79 Å². The molecule has 3 rings (SSSR count). The molecule has 2 heterocycles. The molecule has 0 saturated carbocycles. The molecular weight excluding hydrogens is 294 g/mol. The molecular formula is C17H21N3O3. The van der Waals surface area contributed by atoms with Crippen LogP contribution >= 0.6 is 0 Å². The molecule has 23 heavy (non-hydrogen) atoms. The third-order valence-corrected chi connectivity index (χ3v) is 4.39. The molecule has 6 heteroatoms.